The van der Waals surface area contributed by atoms with Gasteiger partial charge in [0.2, 0.25) is 0 Å². The van der Waals surface area contributed by atoms with Crippen molar-refractivity contribution in [2.45, 2.75) is 57.2 Å². The van der Waals surface area contributed by atoms with Crippen molar-refractivity contribution in [1.82, 2.24) is 0 Å². The molecular formula is C18H27NO2. The second-order valence-electron chi connectivity index (χ2n) is 6.21. The van der Waals surface area contributed by atoms with Crippen LogP contribution in [0.1, 0.15) is 61.3 Å². The summed E-state index contributed by atoms with van der Waals surface area (Å²) in [7, 11) is 0. The lowest BCUT2D eigenvalue weighted by molar-refractivity contribution is 0.0521. The average molecular weight is 289 g/mol. The van der Waals surface area contributed by atoms with Crippen LogP contribution in [-0.2, 0) is 0 Å². The summed E-state index contributed by atoms with van der Waals surface area (Å²) in [6.45, 7) is 2.52. The maximum Gasteiger partial charge on any atom is 0.0830 e. The fourth-order valence-electron chi connectivity index (χ4n) is 2.95. The molecule has 0 amide bonds. The van der Waals surface area contributed by atoms with E-state index >= 15 is 0 Å². The molecular weight excluding hydrogens is 262 g/mol. The van der Waals surface area contributed by atoms with E-state index < -0.39 is 11.7 Å². The number of aliphatic hydroxyl groups is 2. The molecule has 21 heavy (non-hydrogen) atoms. The highest BCUT2D eigenvalue weighted by Gasteiger charge is 2.25. The number of aliphatic hydroxyl groups excluding tert-OH is 1. The first-order chi connectivity index (χ1) is 10.0. The number of rotatable bonds is 5. The summed E-state index contributed by atoms with van der Waals surface area (Å²) >= 11 is 0. The zero-order valence-electron chi connectivity index (χ0n) is 12.9. The summed E-state index contributed by atoms with van der Waals surface area (Å²) in [5, 5.41) is 20.6. The maximum atomic E-state index is 10.5. The molecule has 1 atom stereocenters. The van der Waals surface area contributed by atoms with Crippen molar-refractivity contribution < 1.29 is 10.2 Å². The van der Waals surface area contributed by atoms with Crippen LogP contribution in [0.2, 0.25) is 0 Å². The lowest BCUT2D eigenvalue weighted by atomic mass is 9.84. The minimum Gasteiger partial charge on any atom is -0.388 e. The van der Waals surface area contributed by atoms with E-state index in [2.05, 4.69) is 0 Å². The highest BCUT2D eigenvalue weighted by atomic mass is 16.3. The van der Waals surface area contributed by atoms with Crippen LogP contribution < -0.4 is 5.73 Å². The Morgan fingerprint density at radius 2 is 2.00 bits per heavy atom. The zero-order valence-corrected chi connectivity index (χ0v) is 12.9. The van der Waals surface area contributed by atoms with E-state index in [0.717, 1.165) is 42.4 Å². The van der Waals surface area contributed by atoms with E-state index in [0.29, 0.717) is 13.0 Å². The van der Waals surface area contributed by atoms with Gasteiger partial charge in [0.15, 0.2) is 0 Å². The Labute approximate surface area is 127 Å². The van der Waals surface area contributed by atoms with Crippen LogP contribution in [-0.4, -0.2) is 22.4 Å². The van der Waals surface area contributed by atoms with Gasteiger partial charge in [-0.1, -0.05) is 43.5 Å². The van der Waals surface area contributed by atoms with E-state index in [4.69, 9.17) is 5.73 Å². The molecule has 0 radical (unpaired) electrons. The molecule has 1 fully saturated rings. The molecule has 0 bridgehead atoms. The SMILES string of the molecule is Cc1ccc(C(O)CCN)cc1/C=C/C1(O)CCCCC1. The van der Waals surface area contributed by atoms with Gasteiger partial charge in [-0.15, -0.1) is 0 Å². The quantitative estimate of drug-likeness (QED) is 0.780. The monoisotopic (exact) mass is 289 g/mol. The molecule has 0 spiro atoms. The Morgan fingerprint density at radius 1 is 1.29 bits per heavy atom. The van der Waals surface area contributed by atoms with Crippen LogP contribution >= 0.6 is 0 Å². The van der Waals surface area contributed by atoms with E-state index in [1.807, 2.05) is 37.3 Å². The Bertz CT molecular complexity index is 490. The van der Waals surface area contributed by atoms with Crippen LogP contribution in [0.5, 0.6) is 0 Å². The van der Waals surface area contributed by atoms with E-state index in [9.17, 15) is 10.2 Å². The second-order valence-corrected chi connectivity index (χ2v) is 6.21. The van der Waals surface area contributed by atoms with Gasteiger partial charge in [-0.05, 0) is 55.5 Å². The van der Waals surface area contributed by atoms with Gasteiger partial charge in [0.1, 0.15) is 0 Å². The average Bonchev–Trinajstić information content (AvgIpc) is 2.47. The third-order valence-electron chi connectivity index (χ3n) is 4.42. The number of hydrogen-bond acceptors (Lipinski definition) is 3. The van der Waals surface area contributed by atoms with Crippen molar-refractivity contribution in [3.63, 3.8) is 0 Å². The molecule has 3 heteroatoms. The van der Waals surface area contributed by atoms with Gasteiger partial charge in [0, 0.05) is 0 Å². The number of hydrogen-bond donors (Lipinski definition) is 3. The summed E-state index contributed by atoms with van der Waals surface area (Å²) in [5.74, 6) is 0. The van der Waals surface area contributed by atoms with Crippen LogP contribution in [0.4, 0.5) is 0 Å². The van der Waals surface area contributed by atoms with E-state index in [-0.39, 0.29) is 0 Å². The van der Waals surface area contributed by atoms with Gasteiger partial charge in [-0.25, -0.2) is 0 Å². The smallest absolute Gasteiger partial charge is 0.0830 e. The number of benzene rings is 1. The predicted molar refractivity (Wildman–Crippen MR) is 86.9 cm³/mol. The topological polar surface area (TPSA) is 66.5 Å². The van der Waals surface area contributed by atoms with Gasteiger partial charge >= 0.3 is 0 Å². The molecule has 0 aliphatic heterocycles. The second kappa shape index (κ2) is 7.21. The Morgan fingerprint density at radius 3 is 2.67 bits per heavy atom. The third-order valence-corrected chi connectivity index (χ3v) is 4.42. The van der Waals surface area contributed by atoms with Crippen LogP contribution in [0.15, 0.2) is 24.3 Å². The van der Waals surface area contributed by atoms with Gasteiger partial charge in [0.05, 0.1) is 11.7 Å². The molecule has 0 heterocycles. The van der Waals surface area contributed by atoms with Crippen molar-refractivity contribution in [3.8, 4) is 0 Å². The summed E-state index contributed by atoms with van der Waals surface area (Å²) in [4.78, 5) is 0. The summed E-state index contributed by atoms with van der Waals surface area (Å²) in [6, 6.07) is 5.96. The zero-order chi connectivity index (χ0) is 15.3. The van der Waals surface area contributed by atoms with Gasteiger partial charge in [0.25, 0.3) is 0 Å². The molecule has 1 aliphatic rings. The van der Waals surface area contributed by atoms with Crippen molar-refractivity contribution in [2.75, 3.05) is 6.54 Å². The maximum absolute atomic E-state index is 10.5. The van der Waals surface area contributed by atoms with Crippen LogP contribution in [0.25, 0.3) is 6.08 Å². The first-order valence-electron chi connectivity index (χ1n) is 7.94. The Balaban J connectivity index is 2.16. The Hall–Kier alpha value is -1.16. The molecule has 3 nitrogen and oxygen atoms in total. The lowest BCUT2D eigenvalue weighted by Gasteiger charge is -2.28. The molecule has 0 aromatic heterocycles. The Kier molecular flexibility index (Phi) is 5.57. The molecule has 0 saturated heterocycles. The van der Waals surface area contributed by atoms with Crippen molar-refractivity contribution in [1.29, 1.82) is 0 Å². The summed E-state index contributed by atoms with van der Waals surface area (Å²) in [6.07, 6.45) is 9.08. The normalized spacial score (nSPS) is 19.8. The highest BCUT2D eigenvalue weighted by Crippen LogP contribution is 2.30. The van der Waals surface area contributed by atoms with Gasteiger partial charge < -0.3 is 15.9 Å². The molecule has 1 aromatic rings. The molecule has 1 unspecified atom stereocenters. The molecule has 1 saturated carbocycles. The van der Waals surface area contributed by atoms with E-state index in [1.54, 1.807) is 0 Å². The van der Waals surface area contributed by atoms with Crippen molar-refractivity contribution in [3.05, 3.63) is 41.0 Å². The molecule has 4 N–H and O–H groups in total. The third kappa shape index (κ3) is 4.40. The first kappa shape index (κ1) is 16.2. The van der Waals surface area contributed by atoms with Crippen molar-refractivity contribution >= 4 is 6.08 Å². The lowest BCUT2D eigenvalue weighted by Crippen LogP contribution is -2.28. The highest BCUT2D eigenvalue weighted by molar-refractivity contribution is 5.56. The van der Waals surface area contributed by atoms with Crippen LogP contribution in [0.3, 0.4) is 0 Å². The molecule has 2 rings (SSSR count). The van der Waals surface area contributed by atoms with E-state index in [1.165, 1.54) is 6.42 Å². The standard InChI is InChI=1S/C18H27NO2/c1-14-5-6-16(17(20)8-12-19)13-15(14)7-11-18(21)9-3-2-4-10-18/h5-7,11,13,17,20-21H,2-4,8-10,12,19H2,1H3/b11-7+. The van der Waals surface area contributed by atoms with Gasteiger partial charge in [-0.3, -0.25) is 0 Å². The summed E-state index contributed by atoms with van der Waals surface area (Å²) < 4.78 is 0. The molecule has 116 valence electrons. The molecule has 1 aliphatic carbocycles. The largest absolute Gasteiger partial charge is 0.388 e. The number of aryl methyl sites for hydroxylation is 1. The predicted octanol–water partition coefficient (Wildman–Crippen LogP) is 3.09. The fraction of sp³-hybridized carbons (Fsp3) is 0.556. The molecule has 1 aromatic carbocycles. The first-order valence-corrected chi connectivity index (χ1v) is 7.94. The minimum atomic E-state index is -0.656. The fourth-order valence-corrected chi connectivity index (χ4v) is 2.95. The van der Waals surface area contributed by atoms with Gasteiger partial charge in [-0.2, -0.15) is 0 Å². The number of nitrogens with two attached hydrogens (primary N) is 1. The van der Waals surface area contributed by atoms with Crippen molar-refractivity contribution in [2.24, 2.45) is 5.73 Å². The van der Waals surface area contributed by atoms with Crippen LogP contribution in [0, 0.1) is 6.92 Å². The summed E-state index contributed by atoms with van der Waals surface area (Å²) in [5.41, 5.74) is 7.94. The minimum absolute atomic E-state index is 0.472.